The molecule has 0 aliphatic heterocycles. The average molecular weight is 471 g/mol. The lowest BCUT2D eigenvalue weighted by Gasteiger charge is -2.44. The van der Waals surface area contributed by atoms with E-state index in [9.17, 15) is 18.0 Å². The second kappa shape index (κ2) is 10.3. The van der Waals surface area contributed by atoms with Crippen molar-refractivity contribution < 1.29 is 18.0 Å². The molecule has 0 aromatic heterocycles. The van der Waals surface area contributed by atoms with Gasteiger partial charge in [-0.05, 0) is 62.4 Å². The van der Waals surface area contributed by atoms with Gasteiger partial charge in [0.25, 0.3) is 5.91 Å². The summed E-state index contributed by atoms with van der Waals surface area (Å²) < 4.78 is 40.0. The highest BCUT2D eigenvalue weighted by Crippen LogP contribution is 2.49. The zero-order valence-electron chi connectivity index (χ0n) is 17.6. The van der Waals surface area contributed by atoms with Crippen molar-refractivity contribution in [3.63, 3.8) is 0 Å². The number of thioether (sulfide) groups is 1. The van der Waals surface area contributed by atoms with Crippen LogP contribution in [0.2, 0.25) is 5.02 Å². The standard InChI is InChI=1S/C23H26ClF3N2OS/c1-12(11-28-3)6-15-7-13(2)22(15)31-20-8-14(4-5-17(20)24)23(30)29-16-9-18(25)21(27)19(26)10-16/h4-5,8-10,12-13,15,22,28H,6-7,11H2,1-3H3,(H,29,30). The van der Waals surface area contributed by atoms with Crippen molar-refractivity contribution in [2.75, 3.05) is 18.9 Å². The maximum absolute atomic E-state index is 13.4. The fourth-order valence-electron chi connectivity index (χ4n) is 4.12. The molecule has 3 rings (SSSR count). The Bertz CT molecular complexity index is 935. The maximum Gasteiger partial charge on any atom is 0.255 e. The van der Waals surface area contributed by atoms with E-state index in [0.29, 0.717) is 33.6 Å². The van der Waals surface area contributed by atoms with Crippen LogP contribution in [-0.4, -0.2) is 24.7 Å². The van der Waals surface area contributed by atoms with E-state index in [1.807, 2.05) is 7.05 Å². The summed E-state index contributed by atoms with van der Waals surface area (Å²) in [6.45, 7) is 5.43. The second-order valence-corrected chi connectivity index (χ2v) is 9.93. The Hall–Kier alpha value is -1.70. The number of nitrogens with one attached hydrogen (secondary N) is 2. The van der Waals surface area contributed by atoms with Crippen LogP contribution in [0, 0.1) is 35.2 Å². The molecule has 31 heavy (non-hydrogen) atoms. The molecule has 0 saturated heterocycles. The van der Waals surface area contributed by atoms with Crippen molar-refractivity contribution in [1.29, 1.82) is 0 Å². The van der Waals surface area contributed by atoms with Gasteiger partial charge in [0.05, 0.1) is 5.02 Å². The molecular weight excluding hydrogens is 445 g/mol. The first-order valence-corrected chi connectivity index (χ1v) is 11.5. The van der Waals surface area contributed by atoms with Gasteiger partial charge in [0.15, 0.2) is 17.5 Å². The molecule has 2 N–H and O–H groups in total. The van der Waals surface area contributed by atoms with Crippen LogP contribution >= 0.6 is 23.4 Å². The minimum Gasteiger partial charge on any atom is -0.322 e. The third-order valence-corrected chi connectivity index (χ3v) is 7.81. The first kappa shape index (κ1) is 24.0. The Morgan fingerprint density at radius 2 is 1.90 bits per heavy atom. The third-order valence-electron chi connectivity index (χ3n) is 5.66. The minimum atomic E-state index is -1.57. The van der Waals surface area contributed by atoms with Crippen molar-refractivity contribution in [3.05, 3.63) is 58.4 Å². The number of rotatable bonds is 8. The van der Waals surface area contributed by atoms with Gasteiger partial charge in [0.1, 0.15) is 0 Å². The molecule has 3 nitrogen and oxygen atoms in total. The fourth-order valence-corrected chi connectivity index (χ4v) is 5.80. The molecule has 1 saturated carbocycles. The molecule has 1 aliphatic rings. The average Bonchev–Trinajstić information content (AvgIpc) is 2.71. The Morgan fingerprint density at radius 3 is 2.52 bits per heavy atom. The lowest BCUT2D eigenvalue weighted by molar-refractivity contribution is 0.102. The van der Waals surface area contributed by atoms with E-state index < -0.39 is 23.4 Å². The van der Waals surface area contributed by atoms with Crippen LogP contribution in [0.25, 0.3) is 0 Å². The van der Waals surface area contributed by atoms with Crippen molar-refractivity contribution in [3.8, 4) is 0 Å². The van der Waals surface area contributed by atoms with Crippen molar-refractivity contribution >= 4 is 35.0 Å². The van der Waals surface area contributed by atoms with Crippen molar-refractivity contribution in [2.45, 2.75) is 36.8 Å². The van der Waals surface area contributed by atoms with E-state index in [4.69, 9.17) is 11.6 Å². The number of hydrogen-bond acceptors (Lipinski definition) is 3. The molecule has 1 aliphatic carbocycles. The molecule has 1 amide bonds. The summed E-state index contributed by atoms with van der Waals surface area (Å²) in [4.78, 5) is 13.4. The summed E-state index contributed by atoms with van der Waals surface area (Å²) in [5, 5.41) is 6.59. The van der Waals surface area contributed by atoms with Crippen LogP contribution in [0.1, 0.15) is 37.0 Å². The SMILES string of the molecule is CNCC(C)CC1CC(C)C1Sc1cc(C(=O)Nc2cc(F)c(F)c(F)c2)ccc1Cl. The Morgan fingerprint density at radius 1 is 1.23 bits per heavy atom. The number of anilines is 1. The van der Waals surface area contributed by atoms with Crippen LogP contribution in [0.3, 0.4) is 0 Å². The van der Waals surface area contributed by atoms with Gasteiger partial charge >= 0.3 is 0 Å². The number of carbonyl (C=O) groups excluding carboxylic acids is 1. The predicted octanol–water partition coefficient (Wildman–Crippen LogP) is 6.37. The van der Waals surface area contributed by atoms with Gasteiger partial charge in [-0.3, -0.25) is 4.79 Å². The van der Waals surface area contributed by atoms with Crippen molar-refractivity contribution in [1.82, 2.24) is 5.32 Å². The third kappa shape index (κ3) is 5.76. The first-order valence-electron chi connectivity index (χ1n) is 10.3. The van der Waals surface area contributed by atoms with Gasteiger partial charge in [0.2, 0.25) is 0 Å². The monoisotopic (exact) mass is 470 g/mol. The van der Waals surface area contributed by atoms with Crippen LogP contribution in [0.4, 0.5) is 18.9 Å². The summed E-state index contributed by atoms with van der Waals surface area (Å²) in [6, 6.07) is 6.38. The number of amides is 1. The molecule has 2 aromatic rings. The summed E-state index contributed by atoms with van der Waals surface area (Å²) in [5.41, 5.74) is 0.154. The molecule has 0 spiro atoms. The van der Waals surface area contributed by atoms with Crippen LogP contribution < -0.4 is 10.6 Å². The Balaban J connectivity index is 1.72. The lowest BCUT2D eigenvalue weighted by atomic mass is 9.71. The molecule has 168 valence electrons. The number of hydrogen-bond donors (Lipinski definition) is 2. The summed E-state index contributed by atoms with van der Waals surface area (Å²) in [5.74, 6) is -3.13. The zero-order chi connectivity index (χ0) is 22.7. The molecule has 2 aromatic carbocycles. The van der Waals surface area contributed by atoms with Gasteiger partial charge in [-0.1, -0.05) is 25.4 Å². The van der Waals surface area contributed by atoms with E-state index in [-0.39, 0.29) is 5.69 Å². The molecule has 8 heteroatoms. The van der Waals surface area contributed by atoms with Gasteiger partial charge in [-0.2, -0.15) is 0 Å². The normalized spacial score (nSPS) is 21.5. The van der Waals surface area contributed by atoms with Gasteiger partial charge in [-0.25, -0.2) is 13.2 Å². The van der Waals surface area contributed by atoms with Crippen LogP contribution in [-0.2, 0) is 0 Å². The summed E-state index contributed by atoms with van der Waals surface area (Å²) in [7, 11) is 1.96. The van der Waals surface area contributed by atoms with Crippen LogP contribution in [0.15, 0.2) is 35.2 Å². The quantitative estimate of drug-likeness (QED) is 0.440. The topological polar surface area (TPSA) is 41.1 Å². The van der Waals surface area contributed by atoms with Gasteiger partial charge in [0, 0.05) is 33.5 Å². The van der Waals surface area contributed by atoms with E-state index >= 15 is 0 Å². The Labute approximate surface area is 190 Å². The molecule has 4 unspecified atom stereocenters. The molecule has 0 radical (unpaired) electrons. The highest BCUT2D eigenvalue weighted by Gasteiger charge is 2.39. The van der Waals surface area contributed by atoms with Gasteiger partial charge < -0.3 is 10.6 Å². The molecule has 4 atom stereocenters. The Kier molecular flexibility index (Phi) is 7.94. The minimum absolute atomic E-state index is 0.156. The van der Waals surface area contributed by atoms with E-state index in [0.717, 1.165) is 30.0 Å². The van der Waals surface area contributed by atoms with E-state index in [1.54, 1.807) is 30.0 Å². The van der Waals surface area contributed by atoms with E-state index in [2.05, 4.69) is 24.5 Å². The predicted molar refractivity (Wildman–Crippen MR) is 120 cm³/mol. The van der Waals surface area contributed by atoms with Crippen LogP contribution in [0.5, 0.6) is 0 Å². The highest BCUT2D eigenvalue weighted by molar-refractivity contribution is 8.00. The summed E-state index contributed by atoms with van der Waals surface area (Å²) in [6.07, 6.45) is 2.30. The molecule has 0 bridgehead atoms. The number of benzene rings is 2. The molecule has 1 fully saturated rings. The smallest absolute Gasteiger partial charge is 0.255 e. The fraction of sp³-hybridized carbons (Fsp3) is 0.435. The second-order valence-electron chi connectivity index (χ2n) is 8.31. The number of halogens is 4. The zero-order valence-corrected chi connectivity index (χ0v) is 19.2. The number of carbonyl (C=O) groups is 1. The lowest BCUT2D eigenvalue weighted by Crippen LogP contribution is -2.39. The van der Waals surface area contributed by atoms with E-state index in [1.165, 1.54) is 6.42 Å². The molecular formula is C23H26ClF3N2OS. The molecule has 0 heterocycles. The maximum atomic E-state index is 13.4. The highest BCUT2D eigenvalue weighted by atomic mass is 35.5. The summed E-state index contributed by atoms with van der Waals surface area (Å²) >= 11 is 8.07. The van der Waals surface area contributed by atoms with Gasteiger partial charge in [-0.15, -0.1) is 11.8 Å². The largest absolute Gasteiger partial charge is 0.322 e. The first-order chi connectivity index (χ1) is 14.7. The van der Waals surface area contributed by atoms with Crippen molar-refractivity contribution in [2.24, 2.45) is 17.8 Å².